The van der Waals surface area contributed by atoms with Gasteiger partial charge in [-0.15, -0.1) is 0 Å². The number of carbonyl (C=O) groups is 2. The van der Waals surface area contributed by atoms with Crippen LogP contribution in [0.25, 0.3) is 0 Å². The summed E-state index contributed by atoms with van der Waals surface area (Å²) < 4.78 is 0. The Morgan fingerprint density at radius 3 is 2.38 bits per heavy atom. The number of carbonyl (C=O) groups excluding carboxylic acids is 2. The first kappa shape index (κ1) is 16.8. The van der Waals surface area contributed by atoms with Crippen LogP contribution in [0.3, 0.4) is 0 Å². The maximum absolute atomic E-state index is 12.0. The van der Waals surface area contributed by atoms with E-state index in [1.807, 2.05) is 12.1 Å². The van der Waals surface area contributed by atoms with Gasteiger partial charge in [0.2, 0.25) is 11.8 Å². The van der Waals surface area contributed by atoms with Crippen molar-refractivity contribution in [3.8, 4) is 0 Å². The van der Waals surface area contributed by atoms with Gasteiger partial charge in [-0.2, -0.15) is 0 Å². The molecule has 1 aliphatic heterocycles. The number of benzene rings is 1. The number of hydrogen-bond donors (Lipinski definition) is 1. The highest BCUT2D eigenvalue weighted by Crippen LogP contribution is 2.24. The summed E-state index contributed by atoms with van der Waals surface area (Å²) in [6.45, 7) is 4.20. The van der Waals surface area contributed by atoms with E-state index in [0.29, 0.717) is 19.0 Å². The van der Waals surface area contributed by atoms with Gasteiger partial charge in [-0.05, 0) is 56.4 Å². The average Bonchev–Trinajstić information content (AvgIpc) is 3.40. The SMILES string of the molecule is CC(=O)N(CCC(=O)NC1CC1)c1ccc(N2CCCCC2)cc1. The van der Waals surface area contributed by atoms with Crippen LogP contribution in [0.15, 0.2) is 24.3 Å². The third-order valence-corrected chi connectivity index (χ3v) is 4.77. The van der Waals surface area contributed by atoms with Crippen molar-refractivity contribution in [3.05, 3.63) is 24.3 Å². The molecular formula is C19H27N3O2. The summed E-state index contributed by atoms with van der Waals surface area (Å²) in [5, 5.41) is 2.97. The molecule has 130 valence electrons. The summed E-state index contributed by atoms with van der Waals surface area (Å²) in [7, 11) is 0. The van der Waals surface area contributed by atoms with Gasteiger partial charge in [0.25, 0.3) is 0 Å². The molecule has 0 unspecified atom stereocenters. The predicted octanol–water partition coefficient (Wildman–Crippen LogP) is 2.70. The van der Waals surface area contributed by atoms with Crippen LogP contribution in [0.5, 0.6) is 0 Å². The second-order valence-corrected chi connectivity index (χ2v) is 6.83. The minimum atomic E-state index is -0.0278. The lowest BCUT2D eigenvalue weighted by atomic mass is 10.1. The Bertz CT molecular complexity index is 575. The first-order valence-electron chi connectivity index (χ1n) is 9.06. The van der Waals surface area contributed by atoms with Gasteiger partial charge in [0, 0.05) is 50.4 Å². The van der Waals surface area contributed by atoms with Crippen molar-refractivity contribution in [2.45, 2.75) is 51.5 Å². The van der Waals surface area contributed by atoms with Crippen molar-refractivity contribution in [1.29, 1.82) is 0 Å². The average molecular weight is 329 g/mol. The lowest BCUT2D eigenvalue weighted by Crippen LogP contribution is -2.34. The van der Waals surface area contributed by atoms with Crippen LogP contribution in [0, 0.1) is 0 Å². The summed E-state index contributed by atoms with van der Waals surface area (Å²) in [6, 6.07) is 8.52. The molecule has 2 fully saturated rings. The number of amides is 2. The van der Waals surface area contributed by atoms with Gasteiger partial charge >= 0.3 is 0 Å². The van der Waals surface area contributed by atoms with Gasteiger partial charge in [0.15, 0.2) is 0 Å². The molecule has 2 aliphatic rings. The fraction of sp³-hybridized carbons (Fsp3) is 0.579. The molecule has 1 aromatic carbocycles. The Hall–Kier alpha value is -2.04. The third kappa shape index (κ3) is 4.49. The van der Waals surface area contributed by atoms with E-state index in [0.717, 1.165) is 31.6 Å². The van der Waals surface area contributed by atoms with E-state index in [1.54, 1.807) is 11.8 Å². The highest BCUT2D eigenvalue weighted by atomic mass is 16.2. The molecule has 1 aromatic rings. The van der Waals surface area contributed by atoms with E-state index in [1.165, 1.54) is 24.9 Å². The van der Waals surface area contributed by atoms with Crippen LogP contribution in [0.2, 0.25) is 0 Å². The number of anilines is 2. The second-order valence-electron chi connectivity index (χ2n) is 6.83. The fourth-order valence-corrected chi connectivity index (χ4v) is 3.20. The van der Waals surface area contributed by atoms with Crippen molar-refractivity contribution in [3.63, 3.8) is 0 Å². The number of hydrogen-bond acceptors (Lipinski definition) is 3. The number of nitrogens with zero attached hydrogens (tertiary/aromatic N) is 2. The molecule has 0 atom stereocenters. The lowest BCUT2D eigenvalue weighted by Gasteiger charge is -2.29. The molecule has 1 saturated heterocycles. The first-order chi connectivity index (χ1) is 11.6. The van der Waals surface area contributed by atoms with E-state index >= 15 is 0 Å². The molecule has 1 heterocycles. The molecular weight excluding hydrogens is 302 g/mol. The van der Waals surface area contributed by atoms with Crippen molar-refractivity contribution >= 4 is 23.2 Å². The zero-order valence-electron chi connectivity index (χ0n) is 14.5. The Morgan fingerprint density at radius 1 is 1.12 bits per heavy atom. The molecule has 1 aliphatic carbocycles. The maximum Gasteiger partial charge on any atom is 0.223 e. The molecule has 0 bridgehead atoms. The highest BCUT2D eigenvalue weighted by Gasteiger charge is 2.23. The minimum Gasteiger partial charge on any atom is -0.372 e. The van der Waals surface area contributed by atoms with E-state index in [2.05, 4.69) is 22.3 Å². The van der Waals surface area contributed by atoms with Crippen LogP contribution in [-0.4, -0.2) is 37.5 Å². The molecule has 1 N–H and O–H groups in total. The van der Waals surface area contributed by atoms with Gasteiger partial charge in [0.05, 0.1) is 0 Å². The molecule has 3 rings (SSSR count). The first-order valence-corrected chi connectivity index (χ1v) is 9.06. The van der Waals surface area contributed by atoms with E-state index in [9.17, 15) is 9.59 Å². The monoisotopic (exact) mass is 329 g/mol. The van der Waals surface area contributed by atoms with Gasteiger partial charge in [0.1, 0.15) is 0 Å². The normalized spacial score (nSPS) is 17.5. The molecule has 0 radical (unpaired) electrons. The van der Waals surface area contributed by atoms with Crippen molar-refractivity contribution in [1.82, 2.24) is 5.32 Å². The van der Waals surface area contributed by atoms with Crippen LogP contribution in [-0.2, 0) is 9.59 Å². The van der Waals surface area contributed by atoms with E-state index in [-0.39, 0.29) is 11.8 Å². The van der Waals surface area contributed by atoms with Crippen LogP contribution >= 0.6 is 0 Å². The smallest absolute Gasteiger partial charge is 0.223 e. The van der Waals surface area contributed by atoms with Gasteiger partial charge in [-0.1, -0.05) is 0 Å². The summed E-state index contributed by atoms with van der Waals surface area (Å²) >= 11 is 0. The highest BCUT2D eigenvalue weighted by molar-refractivity contribution is 5.92. The van der Waals surface area contributed by atoms with Crippen molar-refractivity contribution < 1.29 is 9.59 Å². The zero-order chi connectivity index (χ0) is 16.9. The quantitative estimate of drug-likeness (QED) is 0.873. The molecule has 5 heteroatoms. The van der Waals surface area contributed by atoms with E-state index in [4.69, 9.17) is 0 Å². The fourth-order valence-electron chi connectivity index (χ4n) is 3.20. The predicted molar refractivity (Wildman–Crippen MR) is 96.3 cm³/mol. The molecule has 0 spiro atoms. The molecule has 0 aromatic heterocycles. The van der Waals surface area contributed by atoms with Crippen molar-refractivity contribution in [2.24, 2.45) is 0 Å². The van der Waals surface area contributed by atoms with E-state index < -0.39 is 0 Å². The molecule has 5 nitrogen and oxygen atoms in total. The van der Waals surface area contributed by atoms with Crippen LogP contribution in [0.4, 0.5) is 11.4 Å². The Kier molecular flexibility index (Phi) is 5.38. The summed E-state index contributed by atoms with van der Waals surface area (Å²) in [4.78, 5) is 27.9. The Labute approximate surface area is 144 Å². The minimum absolute atomic E-state index is 0.0278. The molecule has 24 heavy (non-hydrogen) atoms. The summed E-state index contributed by atoms with van der Waals surface area (Å²) in [5.41, 5.74) is 2.08. The van der Waals surface area contributed by atoms with Crippen LogP contribution in [0.1, 0.15) is 45.4 Å². The largest absolute Gasteiger partial charge is 0.372 e. The molecule has 2 amide bonds. The van der Waals surface area contributed by atoms with Crippen LogP contribution < -0.4 is 15.1 Å². The maximum atomic E-state index is 12.0. The standard InChI is InChI=1S/C19H27N3O2/c1-15(23)22(14-11-19(24)20-16-5-6-16)18-9-7-17(8-10-18)21-12-3-2-4-13-21/h7-10,16H,2-6,11-14H2,1H3,(H,20,24). The summed E-state index contributed by atoms with van der Waals surface area (Å²) in [6.07, 6.45) is 6.33. The summed E-state index contributed by atoms with van der Waals surface area (Å²) in [5.74, 6) is 0.00799. The lowest BCUT2D eigenvalue weighted by molar-refractivity contribution is -0.121. The van der Waals surface area contributed by atoms with Crippen molar-refractivity contribution in [2.75, 3.05) is 29.4 Å². The Balaban J connectivity index is 1.59. The number of piperidine rings is 1. The second kappa shape index (κ2) is 7.69. The number of nitrogens with one attached hydrogen (secondary N) is 1. The van der Waals surface area contributed by atoms with Gasteiger partial charge in [-0.3, -0.25) is 9.59 Å². The Morgan fingerprint density at radius 2 is 1.79 bits per heavy atom. The number of rotatable bonds is 6. The van der Waals surface area contributed by atoms with Gasteiger partial charge in [-0.25, -0.2) is 0 Å². The van der Waals surface area contributed by atoms with Gasteiger partial charge < -0.3 is 15.1 Å². The topological polar surface area (TPSA) is 52.7 Å². The molecule has 1 saturated carbocycles. The third-order valence-electron chi connectivity index (χ3n) is 4.77. The zero-order valence-corrected chi connectivity index (χ0v) is 14.5.